The van der Waals surface area contributed by atoms with Gasteiger partial charge in [-0.2, -0.15) is 0 Å². The molecule has 6 nitrogen and oxygen atoms in total. The van der Waals surface area contributed by atoms with E-state index >= 15 is 0 Å². The molecule has 1 amide bonds. The predicted molar refractivity (Wildman–Crippen MR) is 111 cm³/mol. The summed E-state index contributed by atoms with van der Waals surface area (Å²) in [6.07, 6.45) is 1.63. The van der Waals surface area contributed by atoms with E-state index in [-0.39, 0.29) is 24.5 Å². The molecule has 0 bridgehead atoms. The van der Waals surface area contributed by atoms with Gasteiger partial charge in [0, 0.05) is 5.56 Å². The summed E-state index contributed by atoms with van der Waals surface area (Å²) in [6.45, 7) is 2.05. The number of ether oxygens (including phenoxy) is 2. The van der Waals surface area contributed by atoms with Crippen LogP contribution in [0, 0.1) is 0 Å². The fourth-order valence-electron chi connectivity index (χ4n) is 3.23. The Bertz CT molecular complexity index is 910. The minimum Gasteiger partial charge on any atom is -0.497 e. The second-order valence-electron chi connectivity index (χ2n) is 6.64. The second kappa shape index (κ2) is 9.80. The number of rotatable bonds is 9. The van der Waals surface area contributed by atoms with E-state index in [0.717, 1.165) is 16.9 Å². The minimum absolute atomic E-state index is 0.130. The lowest BCUT2D eigenvalue weighted by Gasteiger charge is -2.20. The van der Waals surface area contributed by atoms with Crippen LogP contribution in [0.1, 0.15) is 35.9 Å². The van der Waals surface area contributed by atoms with Gasteiger partial charge in [0.2, 0.25) is 5.91 Å². The predicted octanol–water partition coefficient (Wildman–Crippen LogP) is 3.85. The highest BCUT2D eigenvalue weighted by Crippen LogP contribution is 2.29. The van der Waals surface area contributed by atoms with Crippen molar-refractivity contribution in [3.05, 3.63) is 83.8 Å². The van der Waals surface area contributed by atoms with Crippen molar-refractivity contribution in [2.24, 2.45) is 0 Å². The van der Waals surface area contributed by atoms with Crippen LogP contribution in [0.2, 0.25) is 0 Å². The molecule has 6 heteroatoms. The van der Waals surface area contributed by atoms with Crippen molar-refractivity contribution >= 4 is 5.91 Å². The van der Waals surface area contributed by atoms with Crippen LogP contribution in [0.5, 0.6) is 11.5 Å². The lowest BCUT2D eigenvalue weighted by molar-refractivity contribution is -0.121. The molecule has 1 heterocycles. The summed E-state index contributed by atoms with van der Waals surface area (Å²) >= 11 is 0. The molecule has 0 fully saturated rings. The average molecular weight is 394 g/mol. The van der Waals surface area contributed by atoms with Gasteiger partial charge >= 0.3 is 0 Å². The van der Waals surface area contributed by atoms with Crippen LogP contribution in [0.4, 0.5) is 0 Å². The van der Waals surface area contributed by atoms with Crippen molar-refractivity contribution in [1.82, 2.24) is 10.6 Å². The molecule has 0 saturated heterocycles. The molecule has 2 aromatic carbocycles. The second-order valence-corrected chi connectivity index (χ2v) is 6.64. The zero-order chi connectivity index (χ0) is 20.6. The van der Waals surface area contributed by atoms with E-state index < -0.39 is 0 Å². The quantitative estimate of drug-likeness (QED) is 0.577. The fourth-order valence-corrected chi connectivity index (χ4v) is 3.23. The number of hydrogen-bond donors (Lipinski definition) is 2. The highest BCUT2D eigenvalue weighted by Gasteiger charge is 2.19. The van der Waals surface area contributed by atoms with E-state index in [1.54, 1.807) is 20.5 Å². The SMILES string of the molecule is COc1ccc(OC)c([C@@H](C)NC(=O)CN[C@@H](c2ccccc2)c2ccco2)c1. The first-order valence-corrected chi connectivity index (χ1v) is 9.45. The smallest absolute Gasteiger partial charge is 0.234 e. The Morgan fingerprint density at radius 2 is 1.83 bits per heavy atom. The lowest BCUT2D eigenvalue weighted by Crippen LogP contribution is -2.37. The van der Waals surface area contributed by atoms with Crippen LogP contribution in [0.3, 0.4) is 0 Å². The van der Waals surface area contributed by atoms with Gasteiger partial charge in [-0.15, -0.1) is 0 Å². The Hall–Kier alpha value is -3.25. The first-order chi connectivity index (χ1) is 14.1. The van der Waals surface area contributed by atoms with E-state index in [1.807, 2.05) is 67.6 Å². The molecule has 0 radical (unpaired) electrons. The van der Waals surface area contributed by atoms with E-state index in [4.69, 9.17) is 13.9 Å². The standard InChI is InChI=1S/C23H26N2O4/c1-16(19-14-18(27-2)11-12-20(19)28-3)25-22(26)15-24-23(21-10-7-13-29-21)17-8-5-4-6-9-17/h4-14,16,23-24H,15H2,1-3H3,(H,25,26)/t16-,23+/m1/s1. The Balaban J connectivity index is 1.67. The Kier molecular flexibility index (Phi) is 6.92. The van der Waals surface area contributed by atoms with Crippen molar-refractivity contribution in [3.8, 4) is 11.5 Å². The number of amides is 1. The van der Waals surface area contributed by atoms with Crippen molar-refractivity contribution in [3.63, 3.8) is 0 Å². The maximum Gasteiger partial charge on any atom is 0.234 e. The summed E-state index contributed by atoms with van der Waals surface area (Å²) in [6, 6.07) is 18.7. The molecule has 2 N–H and O–H groups in total. The summed E-state index contributed by atoms with van der Waals surface area (Å²) < 4.78 is 16.3. The third-order valence-electron chi connectivity index (χ3n) is 4.71. The normalized spacial score (nSPS) is 12.8. The number of nitrogens with one attached hydrogen (secondary N) is 2. The van der Waals surface area contributed by atoms with E-state index in [0.29, 0.717) is 11.5 Å². The molecule has 0 aliphatic rings. The molecule has 3 aromatic rings. The zero-order valence-electron chi connectivity index (χ0n) is 16.8. The van der Waals surface area contributed by atoms with Crippen LogP contribution >= 0.6 is 0 Å². The molecule has 29 heavy (non-hydrogen) atoms. The molecule has 0 aliphatic heterocycles. The molecule has 0 aliphatic carbocycles. The number of carbonyl (C=O) groups is 1. The number of hydrogen-bond acceptors (Lipinski definition) is 5. The van der Waals surface area contributed by atoms with Gasteiger partial charge in [0.05, 0.1) is 39.1 Å². The van der Waals surface area contributed by atoms with Gasteiger partial charge in [0.25, 0.3) is 0 Å². The summed E-state index contributed by atoms with van der Waals surface area (Å²) in [5.74, 6) is 2.03. The van der Waals surface area contributed by atoms with E-state index in [2.05, 4.69) is 10.6 Å². The Morgan fingerprint density at radius 3 is 2.48 bits per heavy atom. The lowest BCUT2D eigenvalue weighted by atomic mass is 10.0. The van der Waals surface area contributed by atoms with Gasteiger partial charge in [0.1, 0.15) is 17.3 Å². The van der Waals surface area contributed by atoms with Crippen molar-refractivity contribution in [1.29, 1.82) is 0 Å². The maximum absolute atomic E-state index is 12.6. The maximum atomic E-state index is 12.6. The molecular weight excluding hydrogens is 368 g/mol. The average Bonchev–Trinajstić information content (AvgIpc) is 3.28. The van der Waals surface area contributed by atoms with Crippen LogP contribution in [-0.4, -0.2) is 26.7 Å². The monoisotopic (exact) mass is 394 g/mol. The number of furan rings is 1. The zero-order valence-corrected chi connectivity index (χ0v) is 16.8. The molecule has 0 saturated carbocycles. The first kappa shape index (κ1) is 20.5. The summed E-state index contributed by atoms with van der Waals surface area (Å²) in [5, 5.41) is 6.29. The van der Waals surface area contributed by atoms with Crippen molar-refractivity contribution in [2.45, 2.75) is 19.0 Å². The number of benzene rings is 2. The first-order valence-electron chi connectivity index (χ1n) is 9.45. The topological polar surface area (TPSA) is 72.7 Å². The molecule has 1 aromatic heterocycles. The van der Waals surface area contributed by atoms with Gasteiger partial charge in [0.15, 0.2) is 0 Å². The minimum atomic E-state index is -0.242. The Labute approximate surface area is 170 Å². The van der Waals surface area contributed by atoms with E-state index in [9.17, 15) is 4.79 Å². The molecular formula is C23H26N2O4. The van der Waals surface area contributed by atoms with Crippen molar-refractivity contribution < 1.29 is 18.7 Å². The summed E-state index contributed by atoms with van der Waals surface area (Å²) in [5.41, 5.74) is 1.88. The van der Waals surface area contributed by atoms with Gasteiger partial charge in [-0.25, -0.2) is 0 Å². The largest absolute Gasteiger partial charge is 0.497 e. The highest BCUT2D eigenvalue weighted by molar-refractivity contribution is 5.78. The molecule has 3 rings (SSSR count). The van der Waals surface area contributed by atoms with Crippen LogP contribution in [0.15, 0.2) is 71.3 Å². The molecule has 152 valence electrons. The van der Waals surface area contributed by atoms with Gasteiger partial charge in [-0.3, -0.25) is 10.1 Å². The van der Waals surface area contributed by atoms with Crippen molar-refractivity contribution in [2.75, 3.05) is 20.8 Å². The fraction of sp³-hybridized carbons (Fsp3) is 0.261. The molecule has 0 spiro atoms. The van der Waals surface area contributed by atoms with Gasteiger partial charge in [-0.1, -0.05) is 30.3 Å². The van der Waals surface area contributed by atoms with Gasteiger partial charge in [-0.05, 0) is 42.8 Å². The Morgan fingerprint density at radius 1 is 1.03 bits per heavy atom. The summed E-state index contributed by atoms with van der Waals surface area (Å²) in [7, 11) is 3.21. The van der Waals surface area contributed by atoms with Crippen LogP contribution in [-0.2, 0) is 4.79 Å². The number of carbonyl (C=O) groups excluding carboxylic acids is 1. The van der Waals surface area contributed by atoms with Crippen LogP contribution < -0.4 is 20.1 Å². The number of methoxy groups -OCH3 is 2. The highest BCUT2D eigenvalue weighted by atomic mass is 16.5. The molecule has 2 atom stereocenters. The van der Waals surface area contributed by atoms with E-state index in [1.165, 1.54) is 0 Å². The van der Waals surface area contributed by atoms with Crippen LogP contribution in [0.25, 0.3) is 0 Å². The third-order valence-corrected chi connectivity index (χ3v) is 4.71. The third kappa shape index (κ3) is 5.18. The molecule has 0 unspecified atom stereocenters. The summed E-state index contributed by atoms with van der Waals surface area (Å²) in [4.78, 5) is 12.6. The van der Waals surface area contributed by atoms with Gasteiger partial charge < -0.3 is 19.2 Å².